The molecule has 0 saturated heterocycles. The van der Waals surface area contributed by atoms with Gasteiger partial charge in [-0.1, -0.05) is 13.8 Å². The maximum Gasteiger partial charge on any atom is 0.341 e. The number of nitrogens with one attached hydrogen (secondary N) is 1. The first-order valence-corrected chi connectivity index (χ1v) is 6.53. The lowest BCUT2D eigenvalue weighted by Crippen LogP contribution is -2.12. The fourth-order valence-corrected chi connectivity index (χ4v) is 2.29. The summed E-state index contributed by atoms with van der Waals surface area (Å²) in [5.41, 5.74) is 0.454. The maximum absolute atomic E-state index is 11.7. The average Bonchev–Trinajstić information content (AvgIpc) is 2.72. The van der Waals surface area contributed by atoms with Crippen LogP contribution in [0, 0.1) is 0 Å². The van der Waals surface area contributed by atoms with Crippen molar-refractivity contribution in [3.05, 3.63) is 16.5 Å². The van der Waals surface area contributed by atoms with E-state index in [0.717, 1.165) is 11.3 Å². The van der Waals surface area contributed by atoms with E-state index in [2.05, 4.69) is 5.32 Å². The Hall–Kier alpha value is -1.36. The molecule has 0 fully saturated rings. The van der Waals surface area contributed by atoms with Gasteiger partial charge in [0.2, 0.25) is 5.91 Å². The summed E-state index contributed by atoms with van der Waals surface area (Å²) in [6.07, 6.45) is 1.22. The molecule has 0 bridgehead atoms. The molecule has 1 aromatic heterocycles. The van der Waals surface area contributed by atoms with Gasteiger partial charge in [0.25, 0.3) is 0 Å². The molecule has 0 aliphatic heterocycles. The van der Waals surface area contributed by atoms with Gasteiger partial charge < -0.3 is 10.1 Å². The van der Waals surface area contributed by atoms with Crippen LogP contribution in [-0.4, -0.2) is 18.5 Å². The molecule has 0 aromatic carbocycles. The Morgan fingerprint density at radius 3 is 2.59 bits per heavy atom. The molecule has 0 atom stereocenters. The largest absolute Gasteiger partial charge is 0.462 e. The molecule has 5 heteroatoms. The predicted octanol–water partition coefficient (Wildman–Crippen LogP) is 2.84. The SMILES string of the molecule is CCOC(=O)c1cc(CC)sc1NC(=O)CC. The van der Waals surface area contributed by atoms with Crippen molar-refractivity contribution in [3.8, 4) is 0 Å². The number of thiophene rings is 1. The molecule has 0 aliphatic rings. The molecule has 0 saturated carbocycles. The van der Waals surface area contributed by atoms with Crippen molar-refractivity contribution in [2.24, 2.45) is 0 Å². The molecular weight excluding hydrogens is 238 g/mol. The van der Waals surface area contributed by atoms with Crippen LogP contribution in [-0.2, 0) is 16.0 Å². The van der Waals surface area contributed by atoms with Crippen molar-refractivity contribution in [2.75, 3.05) is 11.9 Å². The number of carbonyl (C=O) groups is 2. The van der Waals surface area contributed by atoms with E-state index < -0.39 is 0 Å². The number of carbonyl (C=O) groups excluding carboxylic acids is 2. The van der Waals surface area contributed by atoms with Crippen molar-refractivity contribution in [1.29, 1.82) is 0 Å². The minimum absolute atomic E-state index is 0.0972. The van der Waals surface area contributed by atoms with E-state index in [-0.39, 0.29) is 11.9 Å². The molecule has 1 aromatic rings. The molecule has 0 radical (unpaired) electrons. The number of aryl methyl sites for hydroxylation is 1. The lowest BCUT2D eigenvalue weighted by molar-refractivity contribution is -0.115. The van der Waals surface area contributed by atoms with Gasteiger partial charge in [-0.2, -0.15) is 0 Å². The number of hydrogen-bond acceptors (Lipinski definition) is 4. The summed E-state index contributed by atoms with van der Waals surface area (Å²) < 4.78 is 4.96. The van der Waals surface area contributed by atoms with Crippen LogP contribution < -0.4 is 5.32 Å². The second kappa shape index (κ2) is 6.39. The van der Waals surface area contributed by atoms with Gasteiger partial charge in [-0.3, -0.25) is 4.79 Å². The smallest absolute Gasteiger partial charge is 0.341 e. The van der Waals surface area contributed by atoms with Gasteiger partial charge in [-0.05, 0) is 19.4 Å². The van der Waals surface area contributed by atoms with Gasteiger partial charge in [0.15, 0.2) is 0 Å². The van der Waals surface area contributed by atoms with Crippen molar-refractivity contribution < 1.29 is 14.3 Å². The Bertz CT molecular complexity index is 412. The summed E-state index contributed by atoms with van der Waals surface area (Å²) in [4.78, 5) is 24.1. The number of amides is 1. The number of anilines is 1. The van der Waals surface area contributed by atoms with E-state index in [0.29, 0.717) is 23.6 Å². The molecule has 4 nitrogen and oxygen atoms in total. The number of rotatable bonds is 5. The third kappa shape index (κ3) is 3.56. The third-order valence-electron chi connectivity index (χ3n) is 2.20. The average molecular weight is 255 g/mol. The van der Waals surface area contributed by atoms with E-state index in [9.17, 15) is 9.59 Å². The van der Waals surface area contributed by atoms with Gasteiger partial charge >= 0.3 is 5.97 Å². The van der Waals surface area contributed by atoms with Crippen LogP contribution in [0.2, 0.25) is 0 Å². The molecule has 0 aliphatic carbocycles. The van der Waals surface area contributed by atoms with Crippen molar-refractivity contribution in [2.45, 2.75) is 33.6 Å². The van der Waals surface area contributed by atoms with E-state index >= 15 is 0 Å². The molecule has 1 heterocycles. The molecule has 1 N–H and O–H groups in total. The Kier molecular flexibility index (Phi) is 5.15. The van der Waals surface area contributed by atoms with E-state index in [4.69, 9.17) is 4.74 Å². The zero-order chi connectivity index (χ0) is 12.8. The monoisotopic (exact) mass is 255 g/mol. The van der Waals surface area contributed by atoms with Gasteiger partial charge in [-0.25, -0.2) is 4.79 Å². The molecule has 94 valence electrons. The molecule has 1 amide bonds. The Balaban J connectivity index is 2.96. The lowest BCUT2D eigenvalue weighted by Gasteiger charge is -2.04. The summed E-state index contributed by atoms with van der Waals surface area (Å²) in [6.45, 7) is 5.87. The van der Waals surface area contributed by atoms with Crippen LogP contribution in [0.25, 0.3) is 0 Å². The van der Waals surface area contributed by atoms with E-state index in [1.807, 2.05) is 6.92 Å². The highest BCUT2D eigenvalue weighted by Crippen LogP contribution is 2.29. The van der Waals surface area contributed by atoms with Crippen LogP contribution in [0.3, 0.4) is 0 Å². The Morgan fingerprint density at radius 2 is 2.06 bits per heavy atom. The van der Waals surface area contributed by atoms with Crippen molar-refractivity contribution in [3.63, 3.8) is 0 Å². The predicted molar refractivity (Wildman–Crippen MR) is 68.6 cm³/mol. The van der Waals surface area contributed by atoms with Gasteiger partial charge in [-0.15, -0.1) is 11.3 Å². The van der Waals surface area contributed by atoms with Crippen molar-refractivity contribution >= 4 is 28.2 Å². The second-order valence-corrected chi connectivity index (χ2v) is 4.57. The summed E-state index contributed by atoms with van der Waals surface area (Å²) in [5.74, 6) is -0.477. The zero-order valence-electron chi connectivity index (χ0n) is 10.3. The topological polar surface area (TPSA) is 55.4 Å². The third-order valence-corrected chi connectivity index (χ3v) is 3.40. The molecule has 1 rings (SSSR count). The lowest BCUT2D eigenvalue weighted by atomic mass is 10.2. The first-order valence-electron chi connectivity index (χ1n) is 5.72. The van der Waals surface area contributed by atoms with Crippen LogP contribution in [0.1, 0.15) is 42.4 Å². The molecular formula is C12H17NO3S. The number of esters is 1. The highest BCUT2D eigenvalue weighted by molar-refractivity contribution is 7.16. The standard InChI is InChI=1S/C12H17NO3S/c1-4-8-7-9(12(15)16-6-3)11(17-8)13-10(14)5-2/h7H,4-6H2,1-3H3,(H,13,14). The summed E-state index contributed by atoms with van der Waals surface area (Å²) in [7, 11) is 0. The quantitative estimate of drug-likeness (QED) is 0.823. The van der Waals surface area contributed by atoms with E-state index in [1.54, 1.807) is 19.9 Å². The van der Waals surface area contributed by atoms with E-state index in [1.165, 1.54) is 11.3 Å². The van der Waals surface area contributed by atoms with Gasteiger partial charge in [0.05, 0.1) is 12.2 Å². The Labute approximate surface area is 105 Å². The number of hydrogen-bond donors (Lipinski definition) is 1. The van der Waals surface area contributed by atoms with Crippen LogP contribution in [0.15, 0.2) is 6.07 Å². The summed E-state index contributed by atoms with van der Waals surface area (Å²) in [6, 6.07) is 1.79. The van der Waals surface area contributed by atoms with Crippen molar-refractivity contribution in [1.82, 2.24) is 0 Å². The first kappa shape index (κ1) is 13.7. The minimum Gasteiger partial charge on any atom is -0.462 e. The fourth-order valence-electron chi connectivity index (χ4n) is 1.28. The van der Waals surface area contributed by atoms with Crippen LogP contribution in [0.4, 0.5) is 5.00 Å². The maximum atomic E-state index is 11.7. The van der Waals surface area contributed by atoms with Gasteiger partial charge in [0, 0.05) is 11.3 Å². The number of ether oxygens (including phenoxy) is 1. The van der Waals surface area contributed by atoms with Crippen LogP contribution in [0.5, 0.6) is 0 Å². The highest BCUT2D eigenvalue weighted by atomic mass is 32.1. The molecule has 0 unspecified atom stereocenters. The second-order valence-electron chi connectivity index (χ2n) is 3.43. The Morgan fingerprint density at radius 1 is 1.35 bits per heavy atom. The first-order chi connectivity index (χ1) is 8.12. The summed E-state index contributed by atoms with van der Waals surface area (Å²) >= 11 is 1.42. The van der Waals surface area contributed by atoms with Crippen LogP contribution >= 0.6 is 11.3 Å². The highest BCUT2D eigenvalue weighted by Gasteiger charge is 2.17. The van der Waals surface area contributed by atoms with Gasteiger partial charge in [0.1, 0.15) is 5.00 Å². The molecule has 17 heavy (non-hydrogen) atoms. The fraction of sp³-hybridized carbons (Fsp3) is 0.500. The molecule has 0 spiro atoms. The zero-order valence-corrected chi connectivity index (χ0v) is 11.1. The minimum atomic E-state index is -0.380. The normalized spacial score (nSPS) is 10.1. The summed E-state index contributed by atoms with van der Waals surface area (Å²) in [5, 5.41) is 3.32.